The second-order valence-corrected chi connectivity index (χ2v) is 10.4. The molecule has 0 heterocycles. The summed E-state index contributed by atoms with van der Waals surface area (Å²) in [6, 6.07) is 18.1. The molecular weight excluding hydrogens is 441 g/mol. The number of benzene rings is 3. The molecule has 1 N–H and O–H groups in total. The Kier molecular flexibility index (Phi) is 6.12. The lowest BCUT2D eigenvalue weighted by Crippen LogP contribution is -2.23. The SMILES string of the molecule is O=S(=O)(NCc1ccccc1)c1cccc(S(=O)(=O)c2ccc(Cl)c(Cl)c2)c1. The minimum atomic E-state index is -3.96. The molecule has 0 aliphatic rings. The van der Waals surface area contributed by atoms with Crippen molar-refractivity contribution in [3.8, 4) is 0 Å². The Hall–Kier alpha value is -1.90. The summed E-state index contributed by atoms with van der Waals surface area (Å²) in [5, 5.41) is 0.318. The minimum Gasteiger partial charge on any atom is -0.219 e. The van der Waals surface area contributed by atoms with Gasteiger partial charge in [0, 0.05) is 6.54 Å². The van der Waals surface area contributed by atoms with Crippen molar-refractivity contribution in [2.45, 2.75) is 21.2 Å². The standard InChI is InChI=1S/C19H15Cl2NO4S2/c20-18-10-9-16(12-19(18)21)27(23,24)15-7-4-8-17(11-15)28(25,26)22-13-14-5-2-1-3-6-14/h1-12,22H,13H2. The molecule has 0 aromatic heterocycles. The average molecular weight is 456 g/mol. The highest BCUT2D eigenvalue weighted by Crippen LogP contribution is 2.29. The summed E-state index contributed by atoms with van der Waals surface area (Å²) < 4.78 is 53.3. The summed E-state index contributed by atoms with van der Waals surface area (Å²) >= 11 is 11.7. The molecule has 28 heavy (non-hydrogen) atoms. The molecule has 0 aliphatic carbocycles. The third kappa shape index (κ3) is 4.56. The Morgan fingerprint density at radius 3 is 2.00 bits per heavy atom. The van der Waals surface area contributed by atoms with E-state index in [4.69, 9.17) is 23.2 Å². The monoisotopic (exact) mass is 455 g/mol. The van der Waals surface area contributed by atoms with Gasteiger partial charge in [-0.15, -0.1) is 0 Å². The van der Waals surface area contributed by atoms with Gasteiger partial charge in [0.15, 0.2) is 0 Å². The highest BCUT2D eigenvalue weighted by Gasteiger charge is 2.22. The van der Waals surface area contributed by atoms with E-state index in [1.54, 1.807) is 24.3 Å². The fourth-order valence-electron chi connectivity index (χ4n) is 2.45. The maximum Gasteiger partial charge on any atom is 0.240 e. The zero-order valence-electron chi connectivity index (χ0n) is 14.3. The smallest absolute Gasteiger partial charge is 0.219 e. The first kappa shape index (κ1) is 20.8. The van der Waals surface area contributed by atoms with E-state index in [1.807, 2.05) is 6.07 Å². The van der Waals surface area contributed by atoms with Crippen LogP contribution in [0.1, 0.15) is 5.56 Å². The zero-order valence-corrected chi connectivity index (χ0v) is 17.5. The van der Waals surface area contributed by atoms with Crippen LogP contribution in [0.2, 0.25) is 10.0 Å². The van der Waals surface area contributed by atoms with Crippen molar-refractivity contribution >= 4 is 43.1 Å². The third-order valence-electron chi connectivity index (χ3n) is 3.94. The molecule has 5 nitrogen and oxygen atoms in total. The summed E-state index contributed by atoms with van der Waals surface area (Å²) in [5.74, 6) is 0. The molecule has 3 aromatic rings. The van der Waals surface area contributed by atoms with Crippen LogP contribution in [0.5, 0.6) is 0 Å². The number of hydrogen-bond donors (Lipinski definition) is 1. The molecule has 0 radical (unpaired) electrons. The van der Waals surface area contributed by atoms with E-state index >= 15 is 0 Å². The summed E-state index contributed by atoms with van der Waals surface area (Å²) in [6.07, 6.45) is 0. The normalized spacial score (nSPS) is 12.1. The first-order chi connectivity index (χ1) is 13.2. The summed E-state index contributed by atoms with van der Waals surface area (Å²) in [7, 11) is -7.86. The van der Waals surface area contributed by atoms with Gasteiger partial charge in [0.25, 0.3) is 0 Å². The predicted molar refractivity (Wildman–Crippen MR) is 109 cm³/mol. The lowest BCUT2D eigenvalue weighted by Gasteiger charge is -2.10. The Labute approximate surface area is 173 Å². The van der Waals surface area contributed by atoms with E-state index in [0.717, 1.165) is 11.6 Å². The molecule has 0 unspecified atom stereocenters. The molecule has 0 bridgehead atoms. The van der Waals surface area contributed by atoms with E-state index in [-0.39, 0.29) is 31.3 Å². The molecule has 0 amide bonds. The summed E-state index contributed by atoms with van der Waals surface area (Å²) in [6.45, 7) is 0.0902. The van der Waals surface area contributed by atoms with Crippen LogP contribution in [0.3, 0.4) is 0 Å². The van der Waals surface area contributed by atoms with Gasteiger partial charge in [0.1, 0.15) is 0 Å². The maximum atomic E-state index is 12.8. The molecule has 0 aliphatic heterocycles. The van der Waals surface area contributed by atoms with Crippen LogP contribution in [0.15, 0.2) is 87.5 Å². The van der Waals surface area contributed by atoms with Gasteiger partial charge in [-0.3, -0.25) is 0 Å². The molecule has 146 valence electrons. The summed E-state index contributed by atoms with van der Waals surface area (Å²) in [4.78, 5) is -0.383. The van der Waals surface area contributed by atoms with Gasteiger partial charge in [-0.1, -0.05) is 59.6 Å². The molecule has 3 aromatic carbocycles. The number of hydrogen-bond acceptors (Lipinski definition) is 4. The second kappa shape index (κ2) is 8.23. The zero-order chi connectivity index (χ0) is 20.4. The lowest BCUT2D eigenvalue weighted by atomic mass is 10.2. The van der Waals surface area contributed by atoms with Crippen LogP contribution < -0.4 is 4.72 Å². The van der Waals surface area contributed by atoms with Gasteiger partial charge in [-0.2, -0.15) is 0 Å². The Morgan fingerprint density at radius 2 is 1.32 bits per heavy atom. The number of sulfone groups is 1. The quantitative estimate of drug-likeness (QED) is 0.600. The van der Waals surface area contributed by atoms with Crippen LogP contribution in [0.4, 0.5) is 0 Å². The molecule has 0 spiro atoms. The molecule has 0 atom stereocenters. The van der Waals surface area contributed by atoms with Gasteiger partial charge in [0.05, 0.1) is 24.7 Å². The van der Waals surface area contributed by atoms with Gasteiger partial charge in [-0.05, 0) is 42.0 Å². The number of sulfonamides is 1. The van der Waals surface area contributed by atoms with Crippen LogP contribution in [0.25, 0.3) is 0 Å². The minimum absolute atomic E-state index is 0.0753. The van der Waals surface area contributed by atoms with Crippen LogP contribution in [-0.2, 0) is 26.4 Å². The van der Waals surface area contributed by atoms with E-state index < -0.39 is 19.9 Å². The number of nitrogens with one attached hydrogen (secondary N) is 1. The molecule has 0 saturated heterocycles. The second-order valence-electron chi connectivity index (χ2n) is 5.86. The molecule has 3 rings (SSSR count). The van der Waals surface area contributed by atoms with Crippen LogP contribution in [-0.4, -0.2) is 16.8 Å². The van der Waals surface area contributed by atoms with Crippen molar-refractivity contribution in [1.82, 2.24) is 4.72 Å². The Morgan fingerprint density at radius 1 is 0.679 bits per heavy atom. The van der Waals surface area contributed by atoms with Crippen molar-refractivity contribution in [2.24, 2.45) is 0 Å². The maximum absolute atomic E-state index is 12.8. The molecular formula is C19H15Cl2NO4S2. The average Bonchev–Trinajstić information content (AvgIpc) is 2.69. The number of rotatable bonds is 6. The first-order valence-electron chi connectivity index (χ1n) is 8.04. The van der Waals surface area contributed by atoms with E-state index in [9.17, 15) is 16.8 Å². The van der Waals surface area contributed by atoms with Gasteiger partial charge < -0.3 is 0 Å². The van der Waals surface area contributed by atoms with Gasteiger partial charge in [0.2, 0.25) is 19.9 Å². The molecule has 0 fully saturated rings. The van der Waals surface area contributed by atoms with Crippen molar-refractivity contribution in [1.29, 1.82) is 0 Å². The third-order valence-corrected chi connectivity index (χ3v) is 7.82. The van der Waals surface area contributed by atoms with Crippen LogP contribution >= 0.6 is 23.2 Å². The van der Waals surface area contributed by atoms with Crippen molar-refractivity contribution in [3.63, 3.8) is 0 Å². The predicted octanol–water partition coefficient (Wildman–Crippen LogP) is 4.30. The van der Waals surface area contributed by atoms with Gasteiger partial charge >= 0.3 is 0 Å². The lowest BCUT2D eigenvalue weighted by molar-refractivity contribution is 0.581. The van der Waals surface area contributed by atoms with Crippen molar-refractivity contribution in [2.75, 3.05) is 0 Å². The fraction of sp³-hybridized carbons (Fsp3) is 0.0526. The fourth-order valence-corrected chi connectivity index (χ4v) is 5.28. The highest BCUT2D eigenvalue weighted by molar-refractivity contribution is 7.91. The summed E-state index contributed by atoms with van der Waals surface area (Å²) in [5.41, 5.74) is 0.783. The van der Waals surface area contributed by atoms with Crippen molar-refractivity contribution in [3.05, 3.63) is 88.4 Å². The highest BCUT2D eigenvalue weighted by atomic mass is 35.5. The van der Waals surface area contributed by atoms with E-state index in [1.165, 1.54) is 36.4 Å². The Balaban J connectivity index is 1.91. The topological polar surface area (TPSA) is 80.3 Å². The number of halogens is 2. The van der Waals surface area contributed by atoms with E-state index in [0.29, 0.717) is 0 Å². The molecule has 0 saturated carbocycles. The van der Waals surface area contributed by atoms with Gasteiger partial charge in [-0.25, -0.2) is 21.6 Å². The first-order valence-corrected chi connectivity index (χ1v) is 11.8. The Bertz CT molecular complexity index is 1210. The largest absolute Gasteiger partial charge is 0.240 e. The molecule has 9 heteroatoms. The van der Waals surface area contributed by atoms with Crippen molar-refractivity contribution < 1.29 is 16.8 Å². The van der Waals surface area contributed by atoms with Crippen LogP contribution in [0, 0.1) is 0 Å². The van der Waals surface area contributed by atoms with E-state index in [2.05, 4.69) is 4.72 Å².